The summed E-state index contributed by atoms with van der Waals surface area (Å²) in [6.45, 7) is 6.03. The minimum absolute atomic E-state index is 0.244. The third-order valence-electron chi connectivity index (χ3n) is 4.31. The van der Waals surface area contributed by atoms with Crippen LogP contribution in [0.2, 0.25) is 5.02 Å². The van der Waals surface area contributed by atoms with Gasteiger partial charge in [-0.2, -0.15) is 4.98 Å². The predicted octanol–water partition coefficient (Wildman–Crippen LogP) is 2.80. The molecule has 1 aliphatic heterocycles. The van der Waals surface area contributed by atoms with Crippen molar-refractivity contribution in [1.82, 2.24) is 15.3 Å². The number of benzene rings is 1. The Balaban J connectivity index is 1.97. The third kappa shape index (κ3) is 2.38. The molecule has 0 amide bonds. The second-order valence-corrected chi connectivity index (χ2v) is 6.57. The van der Waals surface area contributed by atoms with E-state index >= 15 is 0 Å². The van der Waals surface area contributed by atoms with Crippen LogP contribution in [0.1, 0.15) is 13.8 Å². The SMILES string of the molecule is CC1CN(c2nc(N)nc3c2oc2ccc(Cl)cc23)C(C)CN1. The van der Waals surface area contributed by atoms with Crippen LogP contribution in [-0.4, -0.2) is 35.1 Å². The maximum atomic E-state index is 6.11. The Morgan fingerprint density at radius 1 is 1.35 bits per heavy atom. The topological polar surface area (TPSA) is 80.2 Å². The highest BCUT2D eigenvalue weighted by molar-refractivity contribution is 6.31. The van der Waals surface area contributed by atoms with Gasteiger partial charge in [0, 0.05) is 35.6 Å². The Morgan fingerprint density at radius 2 is 2.17 bits per heavy atom. The zero-order chi connectivity index (χ0) is 16.1. The number of rotatable bonds is 1. The minimum Gasteiger partial charge on any atom is -0.450 e. The van der Waals surface area contributed by atoms with Gasteiger partial charge in [0.1, 0.15) is 11.1 Å². The molecule has 2 aromatic heterocycles. The van der Waals surface area contributed by atoms with Crippen molar-refractivity contribution in [3.63, 3.8) is 0 Å². The van der Waals surface area contributed by atoms with E-state index in [9.17, 15) is 0 Å². The molecule has 6 nitrogen and oxygen atoms in total. The fourth-order valence-electron chi connectivity index (χ4n) is 3.13. The molecule has 0 radical (unpaired) electrons. The number of hydrogen-bond acceptors (Lipinski definition) is 6. The fourth-order valence-corrected chi connectivity index (χ4v) is 3.30. The molecule has 1 aliphatic rings. The van der Waals surface area contributed by atoms with Crippen LogP contribution in [0, 0.1) is 0 Å². The maximum Gasteiger partial charge on any atom is 0.222 e. The molecule has 2 unspecified atom stereocenters. The van der Waals surface area contributed by atoms with E-state index in [2.05, 4.69) is 34.0 Å². The zero-order valence-electron chi connectivity index (χ0n) is 13.0. The second kappa shape index (κ2) is 5.25. The number of halogens is 1. The number of hydrogen-bond donors (Lipinski definition) is 2. The van der Waals surface area contributed by atoms with Gasteiger partial charge in [-0.05, 0) is 32.0 Å². The first-order chi connectivity index (χ1) is 11.0. The summed E-state index contributed by atoms with van der Waals surface area (Å²) < 4.78 is 6.03. The van der Waals surface area contributed by atoms with Gasteiger partial charge in [0.25, 0.3) is 0 Å². The number of anilines is 2. The lowest BCUT2D eigenvalue weighted by molar-refractivity contribution is 0.422. The zero-order valence-corrected chi connectivity index (χ0v) is 13.8. The Bertz CT molecular complexity index is 893. The predicted molar refractivity (Wildman–Crippen MR) is 93.0 cm³/mol. The van der Waals surface area contributed by atoms with Crippen LogP contribution < -0.4 is 16.0 Å². The fraction of sp³-hybridized carbons (Fsp3) is 0.375. The van der Waals surface area contributed by atoms with Gasteiger partial charge in [0.15, 0.2) is 11.4 Å². The Kier molecular flexibility index (Phi) is 3.32. The average molecular weight is 332 g/mol. The molecule has 1 saturated heterocycles. The quantitative estimate of drug-likeness (QED) is 0.713. The van der Waals surface area contributed by atoms with Crippen molar-refractivity contribution in [2.45, 2.75) is 25.9 Å². The molecule has 3 aromatic rings. The molecule has 4 rings (SSSR count). The van der Waals surface area contributed by atoms with Crippen molar-refractivity contribution < 1.29 is 4.42 Å². The van der Waals surface area contributed by atoms with E-state index in [-0.39, 0.29) is 5.95 Å². The van der Waals surface area contributed by atoms with Crippen molar-refractivity contribution in [1.29, 1.82) is 0 Å². The van der Waals surface area contributed by atoms with Crippen LogP contribution in [0.15, 0.2) is 22.6 Å². The summed E-state index contributed by atoms with van der Waals surface area (Å²) in [5, 5.41) is 4.97. The van der Waals surface area contributed by atoms with E-state index < -0.39 is 0 Å². The molecule has 0 bridgehead atoms. The summed E-state index contributed by atoms with van der Waals surface area (Å²) in [4.78, 5) is 11.1. The molecule has 0 spiro atoms. The molecule has 7 heteroatoms. The first-order valence-corrected chi connectivity index (χ1v) is 8.06. The maximum absolute atomic E-state index is 6.11. The third-order valence-corrected chi connectivity index (χ3v) is 4.55. The molecule has 3 N–H and O–H groups in total. The number of nitrogens with zero attached hydrogens (tertiary/aromatic N) is 3. The first-order valence-electron chi connectivity index (χ1n) is 7.68. The summed E-state index contributed by atoms with van der Waals surface area (Å²) in [7, 11) is 0. The molecular formula is C16H18ClN5O. The highest BCUT2D eigenvalue weighted by Gasteiger charge is 2.27. The first kappa shape index (κ1) is 14.5. The lowest BCUT2D eigenvalue weighted by Crippen LogP contribution is -2.54. The normalized spacial score (nSPS) is 22.1. The van der Waals surface area contributed by atoms with Crippen molar-refractivity contribution in [3.05, 3.63) is 23.2 Å². The van der Waals surface area contributed by atoms with Gasteiger partial charge in [-0.1, -0.05) is 11.6 Å². The number of fused-ring (bicyclic) bond motifs is 3. The van der Waals surface area contributed by atoms with Gasteiger partial charge in [0.05, 0.1) is 0 Å². The van der Waals surface area contributed by atoms with Gasteiger partial charge in [-0.15, -0.1) is 0 Å². The summed E-state index contributed by atoms with van der Waals surface area (Å²) in [6, 6.07) is 6.17. The number of nitrogen functional groups attached to an aromatic ring is 1. The number of aromatic nitrogens is 2. The standard InChI is InChI=1S/C16H18ClN5O/c1-8-7-22(9(2)6-19-8)15-14-13(20-16(18)21-15)11-5-10(17)3-4-12(11)23-14/h3-5,8-9,19H,6-7H2,1-2H3,(H2,18,20,21). The number of piperazine rings is 1. The van der Waals surface area contributed by atoms with Crippen LogP contribution in [-0.2, 0) is 0 Å². The van der Waals surface area contributed by atoms with Crippen molar-refractivity contribution in [3.8, 4) is 0 Å². The summed E-state index contributed by atoms with van der Waals surface area (Å²) in [5.41, 5.74) is 8.07. The smallest absolute Gasteiger partial charge is 0.222 e. The number of nitrogens with one attached hydrogen (secondary N) is 1. The Labute approximate surface area is 138 Å². The molecule has 0 aliphatic carbocycles. The minimum atomic E-state index is 0.244. The average Bonchev–Trinajstić information content (AvgIpc) is 2.87. The van der Waals surface area contributed by atoms with Gasteiger partial charge >= 0.3 is 0 Å². The lowest BCUT2D eigenvalue weighted by atomic mass is 10.1. The van der Waals surface area contributed by atoms with E-state index in [0.29, 0.717) is 28.2 Å². The number of nitrogens with two attached hydrogens (primary N) is 1. The van der Waals surface area contributed by atoms with Gasteiger partial charge < -0.3 is 20.4 Å². The molecule has 120 valence electrons. The van der Waals surface area contributed by atoms with Crippen molar-refractivity contribution >= 4 is 45.4 Å². The second-order valence-electron chi connectivity index (χ2n) is 6.14. The van der Waals surface area contributed by atoms with E-state index in [1.807, 2.05) is 12.1 Å². The van der Waals surface area contributed by atoms with Crippen LogP contribution >= 0.6 is 11.6 Å². The number of furan rings is 1. The van der Waals surface area contributed by atoms with Crippen LogP contribution in [0.4, 0.5) is 11.8 Å². The molecule has 1 fully saturated rings. The molecule has 2 atom stereocenters. The van der Waals surface area contributed by atoms with E-state index in [1.54, 1.807) is 6.07 Å². The molecule has 3 heterocycles. The van der Waals surface area contributed by atoms with Crippen LogP contribution in [0.25, 0.3) is 22.1 Å². The van der Waals surface area contributed by atoms with Gasteiger partial charge in [-0.25, -0.2) is 4.98 Å². The summed E-state index contributed by atoms with van der Waals surface area (Å²) in [5.74, 6) is 0.995. The highest BCUT2D eigenvalue weighted by Crippen LogP contribution is 2.35. The van der Waals surface area contributed by atoms with Gasteiger partial charge in [0.2, 0.25) is 5.95 Å². The Morgan fingerprint density at radius 3 is 3.00 bits per heavy atom. The molecule has 1 aromatic carbocycles. The Hall–Kier alpha value is -2.05. The van der Waals surface area contributed by atoms with E-state index in [4.69, 9.17) is 21.8 Å². The van der Waals surface area contributed by atoms with Crippen molar-refractivity contribution in [2.75, 3.05) is 23.7 Å². The molecular weight excluding hydrogens is 314 g/mol. The largest absolute Gasteiger partial charge is 0.450 e. The molecule has 0 saturated carbocycles. The lowest BCUT2D eigenvalue weighted by Gasteiger charge is -2.38. The van der Waals surface area contributed by atoms with E-state index in [1.165, 1.54) is 0 Å². The monoisotopic (exact) mass is 331 g/mol. The summed E-state index contributed by atoms with van der Waals surface area (Å²) in [6.07, 6.45) is 0. The highest BCUT2D eigenvalue weighted by atomic mass is 35.5. The summed E-state index contributed by atoms with van der Waals surface area (Å²) >= 11 is 6.11. The van der Waals surface area contributed by atoms with Crippen molar-refractivity contribution in [2.24, 2.45) is 0 Å². The van der Waals surface area contributed by atoms with Crippen LogP contribution in [0.3, 0.4) is 0 Å². The van der Waals surface area contributed by atoms with Gasteiger partial charge in [-0.3, -0.25) is 0 Å². The van der Waals surface area contributed by atoms with E-state index in [0.717, 1.165) is 29.9 Å². The van der Waals surface area contributed by atoms with Crippen LogP contribution in [0.5, 0.6) is 0 Å². The molecule has 23 heavy (non-hydrogen) atoms.